The largest absolute Gasteiger partial charge is 0.394 e. The molecule has 0 radical (unpaired) electrons. The molecule has 9 nitrogen and oxygen atoms in total. The Morgan fingerprint density at radius 1 is 1.38 bits per heavy atom. The van der Waals surface area contributed by atoms with Crippen molar-refractivity contribution in [3.8, 4) is 0 Å². The first kappa shape index (κ1) is 15.9. The van der Waals surface area contributed by atoms with Gasteiger partial charge in [0.2, 0.25) is 0 Å². The van der Waals surface area contributed by atoms with Gasteiger partial charge in [-0.2, -0.15) is 0 Å². The molecule has 10 heteroatoms. The standard InChI is InChI=1S/C11H15N2O7P/c1-6-4-13(11(16)12-10(6)15)7-2-3-9(21(17,18)19)20-8(7)5-14/h2-4,7-9,14H,5H2,1H3,(H,12,15,16)(H2,17,18,19)/t7-,8-,9-/m1/s1. The van der Waals surface area contributed by atoms with Crippen molar-refractivity contribution in [3.63, 3.8) is 0 Å². The predicted octanol–water partition coefficient (Wildman–Crippen LogP) is -1.16. The molecule has 0 bridgehead atoms. The molecule has 4 N–H and O–H groups in total. The molecule has 0 saturated carbocycles. The molecule has 21 heavy (non-hydrogen) atoms. The molecule has 3 atom stereocenters. The van der Waals surface area contributed by atoms with Crippen LogP contribution < -0.4 is 11.2 Å². The van der Waals surface area contributed by atoms with Crippen LogP contribution in [0.25, 0.3) is 0 Å². The third-order valence-electron chi connectivity index (χ3n) is 3.15. The Hall–Kier alpha value is -1.51. The van der Waals surface area contributed by atoms with E-state index in [9.17, 15) is 19.3 Å². The van der Waals surface area contributed by atoms with E-state index in [0.29, 0.717) is 0 Å². The molecule has 0 unspecified atom stereocenters. The van der Waals surface area contributed by atoms with Crippen molar-refractivity contribution in [1.82, 2.24) is 9.55 Å². The number of aromatic nitrogens is 2. The van der Waals surface area contributed by atoms with Gasteiger partial charge in [0.05, 0.1) is 12.6 Å². The second-order valence-corrected chi connectivity index (χ2v) is 6.38. The maximum absolute atomic E-state index is 11.8. The summed E-state index contributed by atoms with van der Waals surface area (Å²) in [6.07, 6.45) is 2.80. The van der Waals surface area contributed by atoms with E-state index in [1.807, 2.05) is 0 Å². The first-order valence-electron chi connectivity index (χ1n) is 6.06. The van der Waals surface area contributed by atoms with Crippen molar-refractivity contribution in [2.75, 3.05) is 6.61 Å². The zero-order chi connectivity index (χ0) is 15.8. The quantitative estimate of drug-likeness (QED) is 0.406. The number of hydrogen-bond donors (Lipinski definition) is 4. The number of ether oxygens (including phenoxy) is 1. The molecular formula is C11H15N2O7P. The number of aliphatic hydroxyl groups excluding tert-OH is 1. The Balaban J connectivity index is 2.45. The van der Waals surface area contributed by atoms with Gasteiger partial charge >= 0.3 is 13.3 Å². The third-order valence-corrected chi connectivity index (χ3v) is 4.10. The molecule has 1 aromatic rings. The third kappa shape index (κ3) is 3.22. The van der Waals surface area contributed by atoms with Crippen LogP contribution in [0.1, 0.15) is 11.6 Å². The molecule has 116 valence electrons. The maximum atomic E-state index is 11.8. The van der Waals surface area contributed by atoms with Gasteiger partial charge in [-0.05, 0) is 13.0 Å². The number of hydrogen-bond acceptors (Lipinski definition) is 5. The zero-order valence-electron chi connectivity index (χ0n) is 11.0. The molecule has 0 fully saturated rings. The van der Waals surface area contributed by atoms with Crippen LogP contribution in [-0.2, 0) is 9.30 Å². The lowest BCUT2D eigenvalue weighted by molar-refractivity contribution is -0.0267. The van der Waals surface area contributed by atoms with E-state index in [2.05, 4.69) is 4.98 Å². The Labute approximate surface area is 118 Å². The van der Waals surface area contributed by atoms with E-state index < -0.39 is 43.4 Å². The Morgan fingerprint density at radius 2 is 2.05 bits per heavy atom. The minimum atomic E-state index is -4.50. The van der Waals surface area contributed by atoms with Crippen LogP contribution in [0.4, 0.5) is 0 Å². The van der Waals surface area contributed by atoms with Gasteiger partial charge in [-0.1, -0.05) is 6.08 Å². The molecule has 1 aliphatic heterocycles. The highest BCUT2D eigenvalue weighted by Gasteiger charge is 2.36. The van der Waals surface area contributed by atoms with Crippen molar-refractivity contribution in [2.24, 2.45) is 0 Å². The fraction of sp³-hybridized carbons (Fsp3) is 0.455. The second kappa shape index (κ2) is 5.70. The van der Waals surface area contributed by atoms with Crippen molar-refractivity contribution in [2.45, 2.75) is 24.9 Å². The summed E-state index contributed by atoms with van der Waals surface area (Å²) < 4.78 is 17.5. The van der Waals surface area contributed by atoms with Gasteiger partial charge in [0.25, 0.3) is 5.56 Å². The highest BCUT2D eigenvalue weighted by atomic mass is 31.2. The predicted molar refractivity (Wildman–Crippen MR) is 72.0 cm³/mol. The number of nitrogens with zero attached hydrogens (tertiary/aromatic N) is 1. The summed E-state index contributed by atoms with van der Waals surface area (Å²) in [5.74, 6) is -1.47. The zero-order valence-corrected chi connectivity index (χ0v) is 11.9. The summed E-state index contributed by atoms with van der Waals surface area (Å²) in [5.41, 5.74) is -0.931. The minimum Gasteiger partial charge on any atom is -0.394 e. The van der Waals surface area contributed by atoms with E-state index in [-0.39, 0.29) is 5.56 Å². The molecule has 1 aliphatic rings. The first-order valence-corrected chi connectivity index (χ1v) is 7.74. The number of aryl methyl sites for hydroxylation is 1. The summed E-state index contributed by atoms with van der Waals surface area (Å²) in [6, 6.07) is -0.777. The summed E-state index contributed by atoms with van der Waals surface area (Å²) >= 11 is 0. The van der Waals surface area contributed by atoms with Gasteiger partial charge in [-0.15, -0.1) is 0 Å². The van der Waals surface area contributed by atoms with E-state index in [1.54, 1.807) is 0 Å². The molecule has 2 rings (SSSR count). The molecule has 0 amide bonds. The van der Waals surface area contributed by atoms with Crippen LogP contribution in [0.3, 0.4) is 0 Å². The van der Waals surface area contributed by atoms with Gasteiger partial charge in [0.15, 0.2) is 5.85 Å². The molecular weight excluding hydrogens is 303 g/mol. The average molecular weight is 318 g/mol. The number of H-pyrrole nitrogens is 1. The van der Waals surface area contributed by atoms with Crippen LogP contribution in [0.2, 0.25) is 0 Å². The van der Waals surface area contributed by atoms with Gasteiger partial charge in [-0.3, -0.25) is 18.9 Å². The van der Waals surface area contributed by atoms with Crippen molar-refractivity contribution in [3.05, 3.63) is 44.8 Å². The Morgan fingerprint density at radius 3 is 2.62 bits per heavy atom. The highest BCUT2D eigenvalue weighted by molar-refractivity contribution is 7.52. The van der Waals surface area contributed by atoms with Crippen LogP contribution in [-0.4, -0.2) is 43.0 Å². The number of aliphatic hydroxyl groups is 1. The summed E-state index contributed by atoms with van der Waals surface area (Å²) in [7, 11) is -4.50. The van der Waals surface area contributed by atoms with Gasteiger partial charge in [-0.25, -0.2) is 4.79 Å². The smallest absolute Gasteiger partial charge is 0.357 e. The lowest BCUT2D eigenvalue weighted by atomic mass is 10.1. The molecule has 0 aliphatic carbocycles. The van der Waals surface area contributed by atoms with E-state index in [0.717, 1.165) is 10.6 Å². The highest BCUT2D eigenvalue weighted by Crippen LogP contribution is 2.45. The molecule has 1 aromatic heterocycles. The Bertz CT molecular complexity index is 716. The maximum Gasteiger partial charge on any atom is 0.357 e. The van der Waals surface area contributed by atoms with Crippen LogP contribution in [0.15, 0.2) is 27.9 Å². The van der Waals surface area contributed by atoms with Crippen molar-refractivity contribution in [1.29, 1.82) is 0 Å². The number of nitrogens with one attached hydrogen (secondary N) is 1. The SMILES string of the molecule is Cc1cn([C@@H]2C=C[C@@H](P(=O)(O)O)O[C@@H]2CO)c(=O)[nH]c1=O. The van der Waals surface area contributed by atoms with E-state index in [4.69, 9.17) is 14.5 Å². The fourth-order valence-corrected chi connectivity index (χ4v) is 2.70. The van der Waals surface area contributed by atoms with Gasteiger partial charge in [0, 0.05) is 11.8 Å². The molecule has 0 aromatic carbocycles. The summed E-state index contributed by atoms with van der Waals surface area (Å²) in [5, 5.41) is 9.32. The van der Waals surface area contributed by atoms with E-state index >= 15 is 0 Å². The topological polar surface area (TPSA) is 142 Å². The van der Waals surface area contributed by atoms with Crippen molar-refractivity contribution < 1.29 is 24.2 Å². The average Bonchev–Trinajstić information content (AvgIpc) is 2.41. The van der Waals surface area contributed by atoms with E-state index in [1.165, 1.54) is 19.2 Å². The van der Waals surface area contributed by atoms with Crippen LogP contribution in [0.5, 0.6) is 0 Å². The fourth-order valence-electron chi connectivity index (χ4n) is 2.06. The molecule has 2 heterocycles. The summed E-state index contributed by atoms with van der Waals surface area (Å²) in [6.45, 7) is 0.963. The minimum absolute atomic E-state index is 0.289. The second-order valence-electron chi connectivity index (χ2n) is 4.69. The normalized spacial score (nSPS) is 26.0. The van der Waals surface area contributed by atoms with Crippen LogP contribution in [0, 0.1) is 6.92 Å². The monoisotopic (exact) mass is 318 g/mol. The number of aromatic amines is 1. The van der Waals surface area contributed by atoms with Crippen LogP contribution >= 0.6 is 7.60 Å². The Kier molecular flexibility index (Phi) is 4.31. The van der Waals surface area contributed by atoms with Gasteiger partial charge < -0.3 is 19.6 Å². The number of rotatable bonds is 3. The molecule has 0 saturated heterocycles. The van der Waals surface area contributed by atoms with Gasteiger partial charge in [0.1, 0.15) is 6.10 Å². The summed E-state index contributed by atoms with van der Waals surface area (Å²) in [4.78, 5) is 43.4. The lowest BCUT2D eigenvalue weighted by Crippen LogP contribution is -2.42. The first-order chi connectivity index (χ1) is 9.74. The molecule has 0 spiro atoms. The van der Waals surface area contributed by atoms with Crippen molar-refractivity contribution >= 4 is 7.60 Å². The lowest BCUT2D eigenvalue weighted by Gasteiger charge is -2.32.